The minimum atomic E-state index is -2.69. The Hall–Kier alpha value is -0.670. The molecule has 0 amide bonds. The van der Waals surface area contributed by atoms with E-state index in [0.29, 0.717) is 23.7 Å². The first-order valence-electron chi connectivity index (χ1n) is 20.7. The fraction of sp³-hybridized carbons (Fsp3) is 1.00. The molecule has 0 bridgehead atoms. The molecule has 0 aliphatic carbocycles. The Morgan fingerprint density at radius 2 is 0.655 bits per heavy atom. The van der Waals surface area contributed by atoms with E-state index in [-0.39, 0.29) is 66.6 Å². The van der Waals surface area contributed by atoms with E-state index in [2.05, 4.69) is 67.1 Å². The quantitative estimate of drug-likeness (QED) is 0.210. The Bertz CT molecular complexity index is 871. The van der Waals surface area contributed by atoms with Crippen LogP contribution >= 0.6 is 0 Å². The van der Waals surface area contributed by atoms with Gasteiger partial charge in [0, 0.05) is 39.2 Å². The van der Waals surface area contributed by atoms with Gasteiger partial charge in [0.25, 0.3) is 5.92 Å². The molecule has 0 saturated carbocycles. The topological polar surface area (TPSA) is 9.23 Å². The number of hydrogen-bond donors (Lipinski definition) is 0. The zero-order valence-corrected chi connectivity index (χ0v) is 42.3. The normalized spacial score (nSPS) is 14.3. The third kappa shape index (κ3) is 83.1. The van der Waals surface area contributed by atoms with E-state index in [1.54, 1.807) is 48.5 Å². The van der Waals surface area contributed by atoms with E-state index in [0.717, 1.165) is 6.92 Å². The Kier molecular flexibility index (Phi) is 34.8. The minimum absolute atomic E-state index is 0. The van der Waals surface area contributed by atoms with Crippen molar-refractivity contribution in [3.8, 4) is 0 Å². The van der Waals surface area contributed by atoms with Gasteiger partial charge in [-0.1, -0.05) is 167 Å². The standard InChI is InChI=1S/C9H19F.C9H20.C8H16F2O.C8H16F2.C7H14F2.C6H12F2.CH4/c1-6-9(5,10)7-8(2,3)4;1-8(2,3)7-9(4,5)6;1-7(2,3)5-8(9,10)6-11-4;1-5-8(9,10)6-7(2,3)4;1-6(2,3)5-7(4,8)9;1-6(2,3)4-5(7)8;/h6-7H2,1-5H3;7H2,1-6H3;5-6H2,1-4H3;5-6H2,1-4H3;5H2,1-4H3;5H,4H2,1-3H3;1H4. The molecule has 0 N–H and O–H groups in total. The summed E-state index contributed by atoms with van der Waals surface area (Å²) in [5, 5.41) is 0. The molecular formula is C48H101F9O. The lowest BCUT2D eigenvalue weighted by Crippen LogP contribution is -2.28. The SMILES string of the molecule is C.CC(C)(C)CC(C)(C)C.CC(C)(C)CC(C)(F)F.CC(C)(C)CC(F)F.CCC(C)(F)CC(C)(C)C.CCC(F)(F)CC(C)(C)C.COCC(F)(F)CC(C)(C)C. The summed E-state index contributed by atoms with van der Waals surface area (Å²) in [4.78, 5) is 0. The molecule has 0 aromatic carbocycles. The molecule has 0 heterocycles. The van der Waals surface area contributed by atoms with Crippen LogP contribution < -0.4 is 0 Å². The molecule has 0 aliphatic heterocycles. The van der Waals surface area contributed by atoms with Crippen LogP contribution in [0.5, 0.6) is 0 Å². The molecule has 0 aromatic rings. The third-order valence-electron chi connectivity index (χ3n) is 6.75. The number of hydrogen-bond acceptors (Lipinski definition) is 1. The molecule has 1 nitrogen and oxygen atoms in total. The smallest absolute Gasteiger partial charge is 0.271 e. The molecule has 0 aliphatic rings. The predicted octanol–water partition coefficient (Wildman–Crippen LogP) is 19.6. The van der Waals surface area contributed by atoms with E-state index >= 15 is 0 Å². The Morgan fingerprint density at radius 3 is 0.741 bits per heavy atom. The maximum absolute atomic E-state index is 13.3. The molecular weight excluding hydrogens is 764 g/mol. The summed E-state index contributed by atoms with van der Waals surface area (Å²) in [6.07, 6.45) is 0.151. The molecule has 0 fully saturated rings. The van der Waals surface area contributed by atoms with Gasteiger partial charge in [0.2, 0.25) is 18.3 Å². The van der Waals surface area contributed by atoms with Crippen LogP contribution in [0.25, 0.3) is 0 Å². The van der Waals surface area contributed by atoms with Crippen LogP contribution in [-0.2, 0) is 4.74 Å². The van der Waals surface area contributed by atoms with Crippen molar-refractivity contribution in [2.45, 2.75) is 262 Å². The van der Waals surface area contributed by atoms with Gasteiger partial charge >= 0.3 is 0 Å². The molecule has 0 radical (unpaired) electrons. The van der Waals surface area contributed by atoms with Gasteiger partial charge in [-0.2, -0.15) is 0 Å². The van der Waals surface area contributed by atoms with Crippen molar-refractivity contribution in [2.24, 2.45) is 37.9 Å². The highest BCUT2D eigenvalue weighted by Crippen LogP contribution is 2.35. The Labute approximate surface area is 357 Å². The third-order valence-corrected chi connectivity index (χ3v) is 6.75. The van der Waals surface area contributed by atoms with Gasteiger partial charge in [0.1, 0.15) is 12.3 Å². The number of halogens is 9. The van der Waals surface area contributed by atoms with Gasteiger partial charge in [0.05, 0.1) is 0 Å². The highest BCUT2D eigenvalue weighted by molar-refractivity contribution is 4.78. The molecule has 0 rings (SSSR count). The zero-order valence-electron chi connectivity index (χ0n) is 42.3. The van der Waals surface area contributed by atoms with E-state index < -0.39 is 36.5 Å². The van der Waals surface area contributed by atoms with Gasteiger partial charge in [-0.25, -0.2) is 39.5 Å². The zero-order chi connectivity index (χ0) is 48.1. The highest BCUT2D eigenvalue weighted by Gasteiger charge is 2.34. The van der Waals surface area contributed by atoms with Crippen LogP contribution in [-0.4, -0.2) is 43.6 Å². The summed E-state index contributed by atoms with van der Waals surface area (Å²) in [5.74, 6) is -7.68. The fourth-order valence-corrected chi connectivity index (χ4v) is 6.15. The number of methoxy groups -OCH3 is 1. The molecule has 362 valence electrons. The van der Waals surface area contributed by atoms with Crippen LogP contribution in [0.15, 0.2) is 0 Å². The van der Waals surface area contributed by atoms with Crippen molar-refractivity contribution in [2.75, 3.05) is 13.7 Å². The predicted molar refractivity (Wildman–Crippen MR) is 239 cm³/mol. The molecule has 10 heteroatoms. The molecule has 0 spiro atoms. The summed E-state index contributed by atoms with van der Waals surface area (Å²) < 4.78 is 116. The number of alkyl halides is 9. The molecule has 58 heavy (non-hydrogen) atoms. The monoisotopic (exact) mass is 865 g/mol. The molecule has 1 unspecified atom stereocenters. The van der Waals surface area contributed by atoms with Crippen LogP contribution in [0.1, 0.15) is 232 Å². The van der Waals surface area contributed by atoms with Gasteiger partial charge in [-0.3, -0.25) is 0 Å². The number of rotatable bonds is 9. The van der Waals surface area contributed by atoms with Crippen LogP contribution in [0.2, 0.25) is 0 Å². The highest BCUT2D eigenvalue weighted by atomic mass is 19.3. The first-order chi connectivity index (χ1) is 24.1. The average molecular weight is 865 g/mol. The van der Waals surface area contributed by atoms with Crippen LogP contribution in [0.4, 0.5) is 39.5 Å². The minimum Gasteiger partial charge on any atom is -0.378 e. The molecule has 1 atom stereocenters. The van der Waals surface area contributed by atoms with Gasteiger partial charge in [0.15, 0.2) is 0 Å². The lowest BCUT2D eigenvalue weighted by molar-refractivity contribution is -0.0885. The summed E-state index contributed by atoms with van der Waals surface area (Å²) >= 11 is 0. The van der Waals surface area contributed by atoms with Crippen molar-refractivity contribution < 1.29 is 44.3 Å². The van der Waals surface area contributed by atoms with E-state index in [4.69, 9.17) is 0 Å². The van der Waals surface area contributed by atoms with E-state index in [1.807, 2.05) is 48.5 Å². The lowest BCUT2D eigenvalue weighted by atomic mass is 9.78. The summed E-state index contributed by atoms with van der Waals surface area (Å²) in [6, 6.07) is 0. The second kappa shape index (κ2) is 28.1. The first kappa shape index (κ1) is 71.8. The number of ether oxygens (including phenoxy) is 1. The van der Waals surface area contributed by atoms with Crippen molar-refractivity contribution in [1.29, 1.82) is 0 Å². The summed E-state index contributed by atoms with van der Waals surface area (Å²) in [5.41, 5.74) is -0.998. The Balaban J connectivity index is -0.000000108. The van der Waals surface area contributed by atoms with Gasteiger partial charge in [-0.05, 0) is 71.0 Å². The summed E-state index contributed by atoms with van der Waals surface area (Å²) in [6.45, 7) is 47.2. The Morgan fingerprint density at radius 1 is 0.379 bits per heavy atom. The maximum Gasteiger partial charge on any atom is 0.271 e. The second-order valence-electron chi connectivity index (χ2n) is 24.7. The van der Waals surface area contributed by atoms with Gasteiger partial charge < -0.3 is 4.74 Å². The van der Waals surface area contributed by atoms with Crippen molar-refractivity contribution in [3.63, 3.8) is 0 Å². The van der Waals surface area contributed by atoms with Gasteiger partial charge in [-0.15, -0.1) is 0 Å². The molecule has 0 saturated heterocycles. The lowest BCUT2D eigenvalue weighted by Gasteiger charge is -2.28. The van der Waals surface area contributed by atoms with Crippen molar-refractivity contribution in [1.82, 2.24) is 0 Å². The summed E-state index contributed by atoms with van der Waals surface area (Å²) in [7, 11) is 1.29. The van der Waals surface area contributed by atoms with Crippen molar-refractivity contribution in [3.05, 3.63) is 0 Å². The average Bonchev–Trinajstić information content (AvgIpc) is 2.75. The van der Waals surface area contributed by atoms with Crippen LogP contribution in [0.3, 0.4) is 0 Å². The maximum atomic E-state index is 13.3. The largest absolute Gasteiger partial charge is 0.378 e. The van der Waals surface area contributed by atoms with Crippen LogP contribution in [0, 0.1) is 37.9 Å². The van der Waals surface area contributed by atoms with E-state index in [9.17, 15) is 39.5 Å². The van der Waals surface area contributed by atoms with E-state index in [1.165, 1.54) is 20.5 Å². The molecule has 0 aromatic heterocycles. The second-order valence-corrected chi connectivity index (χ2v) is 24.7. The first-order valence-corrected chi connectivity index (χ1v) is 20.7. The fourth-order valence-electron chi connectivity index (χ4n) is 6.15. The van der Waals surface area contributed by atoms with Crippen molar-refractivity contribution >= 4 is 0 Å².